The molecule has 6 nitrogen and oxygen atoms in total. The lowest BCUT2D eigenvalue weighted by Gasteiger charge is -2.24. The van der Waals surface area contributed by atoms with Gasteiger partial charge in [0.25, 0.3) is 0 Å². The van der Waals surface area contributed by atoms with Crippen LogP contribution in [0.4, 0.5) is 0 Å². The average Bonchev–Trinajstić information content (AvgIpc) is 2.64. The van der Waals surface area contributed by atoms with Gasteiger partial charge in [-0.15, -0.1) is 24.0 Å². The molecule has 2 N–H and O–H groups in total. The third-order valence-corrected chi connectivity index (χ3v) is 4.35. The number of guanidine groups is 1. The number of hydrogen-bond donors (Lipinski definition) is 2. The van der Waals surface area contributed by atoms with E-state index in [0.717, 1.165) is 49.1 Å². The highest BCUT2D eigenvalue weighted by atomic mass is 127. The quantitative estimate of drug-likeness (QED) is 0.308. The third-order valence-electron chi connectivity index (χ3n) is 4.35. The Morgan fingerprint density at radius 3 is 2.50 bits per heavy atom. The summed E-state index contributed by atoms with van der Waals surface area (Å²) in [7, 11) is 5.47. The van der Waals surface area contributed by atoms with Crippen molar-refractivity contribution in [3.05, 3.63) is 23.8 Å². The summed E-state index contributed by atoms with van der Waals surface area (Å²) < 4.78 is 10.7. The monoisotopic (exact) mass is 478 g/mol. The number of benzene rings is 1. The molecule has 0 heterocycles. The summed E-state index contributed by atoms with van der Waals surface area (Å²) in [5.41, 5.74) is 1.03. The van der Waals surface area contributed by atoms with E-state index in [4.69, 9.17) is 9.47 Å². The number of halogens is 1. The largest absolute Gasteiger partial charge is 0.497 e. The van der Waals surface area contributed by atoms with Crippen molar-refractivity contribution in [3.63, 3.8) is 0 Å². The Kier molecular flexibility index (Phi) is 13.3. The van der Waals surface area contributed by atoms with Crippen molar-refractivity contribution in [1.29, 1.82) is 0 Å². The normalized spacial score (nSPS) is 12.3. The SMILES string of the molecule is CCNC(=NCc1ccc(OC)cc1OC)NCCN(C)C(C)CC.I. The molecule has 150 valence electrons. The Balaban J connectivity index is 0.00000625. The molecule has 0 aliphatic carbocycles. The molecule has 1 aromatic carbocycles. The molecule has 1 aromatic rings. The highest BCUT2D eigenvalue weighted by Gasteiger charge is 2.07. The van der Waals surface area contributed by atoms with Gasteiger partial charge < -0.3 is 25.0 Å². The lowest BCUT2D eigenvalue weighted by molar-refractivity contribution is 0.255. The fourth-order valence-electron chi connectivity index (χ4n) is 2.37. The molecule has 1 atom stereocenters. The van der Waals surface area contributed by atoms with Gasteiger partial charge in [0, 0.05) is 37.3 Å². The molecule has 1 unspecified atom stereocenters. The second kappa shape index (κ2) is 13.9. The molecule has 0 aromatic heterocycles. The first kappa shape index (κ1) is 24.8. The molecule has 0 radical (unpaired) electrons. The topological polar surface area (TPSA) is 58.1 Å². The summed E-state index contributed by atoms with van der Waals surface area (Å²) in [5, 5.41) is 6.68. The van der Waals surface area contributed by atoms with Crippen molar-refractivity contribution < 1.29 is 9.47 Å². The van der Waals surface area contributed by atoms with E-state index >= 15 is 0 Å². The summed E-state index contributed by atoms with van der Waals surface area (Å²) in [6, 6.07) is 6.38. The lowest BCUT2D eigenvalue weighted by Crippen LogP contribution is -2.42. The minimum atomic E-state index is 0. The van der Waals surface area contributed by atoms with Gasteiger partial charge in [0.1, 0.15) is 11.5 Å². The van der Waals surface area contributed by atoms with Crippen LogP contribution >= 0.6 is 24.0 Å². The summed E-state index contributed by atoms with van der Waals surface area (Å²) in [5.74, 6) is 2.39. The maximum atomic E-state index is 5.43. The highest BCUT2D eigenvalue weighted by molar-refractivity contribution is 14.0. The lowest BCUT2D eigenvalue weighted by atomic mass is 10.2. The van der Waals surface area contributed by atoms with E-state index in [2.05, 4.69) is 48.3 Å². The smallest absolute Gasteiger partial charge is 0.191 e. The van der Waals surface area contributed by atoms with Gasteiger partial charge in [-0.2, -0.15) is 0 Å². The van der Waals surface area contributed by atoms with Gasteiger partial charge in [-0.3, -0.25) is 0 Å². The first-order valence-corrected chi connectivity index (χ1v) is 8.98. The van der Waals surface area contributed by atoms with Crippen molar-refractivity contribution in [3.8, 4) is 11.5 Å². The van der Waals surface area contributed by atoms with Crippen LogP contribution in [-0.4, -0.2) is 57.8 Å². The Bertz CT molecular complexity index is 540. The molecule has 7 heteroatoms. The number of likely N-dealkylation sites (N-methyl/N-ethyl adjacent to an activating group) is 1. The van der Waals surface area contributed by atoms with E-state index in [1.54, 1.807) is 14.2 Å². The molecule has 1 rings (SSSR count). The summed E-state index contributed by atoms with van der Waals surface area (Å²) in [6.07, 6.45) is 1.15. The summed E-state index contributed by atoms with van der Waals surface area (Å²) in [4.78, 5) is 7.02. The zero-order valence-corrected chi connectivity index (χ0v) is 19.3. The Labute approximate surface area is 175 Å². The fraction of sp³-hybridized carbons (Fsp3) is 0.632. The minimum absolute atomic E-state index is 0. The molecule has 0 fully saturated rings. The maximum Gasteiger partial charge on any atom is 0.191 e. The molecule has 0 amide bonds. The number of ether oxygens (including phenoxy) is 2. The van der Waals surface area contributed by atoms with Gasteiger partial charge in [-0.25, -0.2) is 4.99 Å². The van der Waals surface area contributed by atoms with Crippen molar-refractivity contribution in [1.82, 2.24) is 15.5 Å². The molecular weight excluding hydrogens is 443 g/mol. The fourth-order valence-corrected chi connectivity index (χ4v) is 2.37. The van der Waals surface area contributed by atoms with Crippen molar-refractivity contribution >= 4 is 29.9 Å². The minimum Gasteiger partial charge on any atom is -0.497 e. The number of aliphatic imine (C=N–C) groups is 1. The van der Waals surface area contributed by atoms with Gasteiger partial charge >= 0.3 is 0 Å². The van der Waals surface area contributed by atoms with Crippen LogP contribution in [0.3, 0.4) is 0 Å². The number of rotatable bonds is 10. The predicted octanol–water partition coefficient (Wildman–Crippen LogP) is 3.11. The van der Waals surface area contributed by atoms with Crippen LogP contribution in [-0.2, 0) is 6.54 Å². The van der Waals surface area contributed by atoms with Crippen LogP contribution in [0.5, 0.6) is 11.5 Å². The van der Waals surface area contributed by atoms with Crippen molar-refractivity contribution in [2.75, 3.05) is 40.9 Å². The zero-order valence-electron chi connectivity index (χ0n) is 17.0. The van der Waals surface area contributed by atoms with E-state index in [1.807, 2.05) is 18.2 Å². The van der Waals surface area contributed by atoms with E-state index < -0.39 is 0 Å². The Hall–Kier alpha value is -1.22. The van der Waals surface area contributed by atoms with E-state index in [0.29, 0.717) is 12.6 Å². The summed E-state index contributed by atoms with van der Waals surface area (Å²) >= 11 is 0. The zero-order chi connectivity index (χ0) is 18.7. The van der Waals surface area contributed by atoms with Crippen molar-refractivity contribution in [2.24, 2.45) is 4.99 Å². The van der Waals surface area contributed by atoms with Gasteiger partial charge in [-0.05, 0) is 39.4 Å². The molecule has 0 saturated carbocycles. The van der Waals surface area contributed by atoms with Gasteiger partial charge in [0.2, 0.25) is 0 Å². The first-order chi connectivity index (χ1) is 12.0. The van der Waals surface area contributed by atoms with Gasteiger partial charge in [0.05, 0.1) is 20.8 Å². The van der Waals surface area contributed by atoms with E-state index in [-0.39, 0.29) is 24.0 Å². The molecule has 0 bridgehead atoms. The molecule has 0 spiro atoms. The molecule has 0 aliphatic rings. The van der Waals surface area contributed by atoms with Crippen LogP contribution in [0.15, 0.2) is 23.2 Å². The molecule has 26 heavy (non-hydrogen) atoms. The van der Waals surface area contributed by atoms with Crippen LogP contribution in [0.1, 0.15) is 32.8 Å². The average molecular weight is 478 g/mol. The van der Waals surface area contributed by atoms with Gasteiger partial charge in [0.15, 0.2) is 5.96 Å². The van der Waals surface area contributed by atoms with Gasteiger partial charge in [-0.1, -0.05) is 6.92 Å². The second-order valence-corrected chi connectivity index (χ2v) is 6.04. The molecule has 0 saturated heterocycles. The predicted molar refractivity (Wildman–Crippen MR) is 120 cm³/mol. The number of nitrogens with zero attached hydrogens (tertiary/aromatic N) is 2. The molecular formula is C19H35IN4O2. The second-order valence-electron chi connectivity index (χ2n) is 6.04. The Morgan fingerprint density at radius 1 is 1.19 bits per heavy atom. The number of nitrogens with one attached hydrogen (secondary N) is 2. The summed E-state index contributed by atoms with van der Waals surface area (Å²) in [6.45, 7) is 9.72. The van der Waals surface area contributed by atoms with Crippen LogP contribution < -0.4 is 20.1 Å². The van der Waals surface area contributed by atoms with E-state index in [1.165, 1.54) is 0 Å². The molecule has 0 aliphatic heterocycles. The standard InChI is InChI=1S/C19H34N4O2.HI/c1-7-15(3)23(4)12-11-21-19(20-8-2)22-14-16-9-10-17(24-5)13-18(16)25-6;/h9-10,13,15H,7-8,11-12,14H2,1-6H3,(H2,20,21,22);1H. The van der Waals surface area contributed by atoms with Crippen molar-refractivity contribution in [2.45, 2.75) is 39.8 Å². The van der Waals surface area contributed by atoms with Crippen LogP contribution in [0, 0.1) is 0 Å². The third kappa shape index (κ3) is 8.44. The van der Waals surface area contributed by atoms with Crippen LogP contribution in [0.2, 0.25) is 0 Å². The number of hydrogen-bond acceptors (Lipinski definition) is 4. The van der Waals surface area contributed by atoms with E-state index in [9.17, 15) is 0 Å². The maximum absolute atomic E-state index is 5.43. The first-order valence-electron chi connectivity index (χ1n) is 8.98. The highest BCUT2D eigenvalue weighted by Crippen LogP contribution is 2.25. The van der Waals surface area contributed by atoms with Crippen LogP contribution in [0.25, 0.3) is 0 Å². The Morgan fingerprint density at radius 2 is 1.92 bits per heavy atom. The number of methoxy groups -OCH3 is 2.